The molecule has 0 unspecified atom stereocenters. The van der Waals surface area contributed by atoms with Gasteiger partial charge in [-0.05, 0) is 30.0 Å². The molecule has 0 atom stereocenters. The third-order valence-electron chi connectivity index (χ3n) is 4.89. The molecule has 0 radical (unpaired) electrons. The predicted molar refractivity (Wildman–Crippen MR) is 98.4 cm³/mol. The van der Waals surface area contributed by atoms with Crippen LogP contribution < -0.4 is 0 Å². The van der Waals surface area contributed by atoms with E-state index in [0.717, 1.165) is 24.1 Å². The van der Waals surface area contributed by atoms with Crippen LogP contribution in [0.4, 0.5) is 0 Å². The number of hydrogen-bond acceptors (Lipinski definition) is 4. The number of carbonyl (C=O) groups is 1. The van der Waals surface area contributed by atoms with Gasteiger partial charge in [-0.1, -0.05) is 53.7 Å². The first-order valence-electron chi connectivity index (χ1n) is 8.94. The molecular formula is C21H21N3O2. The van der Waals surface area contributed by atoms with Gasteiger partial charge in [0.05, 0.1) is 0 Å². The lowest BCUT2D eigenvalue weighted by molar-refractivity contribution is -0.132. The van der Waals surface area contributed by atoms with Crippen molar-refractivity contribution in [3.05, 3.63) is 71.1 Å². The Morgan fingerprint density at radius 3 is 2.73 bits per heavy atom. The molecule has 0 bridgehead atoms. The van der Waals surface area contributed by atoms with Crippen LogP contribution in [0.25, 0.3) is 11.4 Å². The molecule has 4 rings (SSSR count). The largest absolute Gasteiger partial charge is 0.339 e. The number of amides is 1. The van der Waals surface area contributed by atoms with Gasteiger partial charge in [0.15, 0.2) is 0 Å². The van der Waals surface area contributed by atoms with E-state index >= 15 is 0 Å². The average molecular weight is 347 g/mol. The molecule has 1 aliphatic rings. The zero-order valence-corrected chi connectivity index (χ0v) is 14.8. The van der Waals surface area contributed by atoms with Gasteiger partial charge < -0.3 is 9.42 Å². The number of hydrogen-bond donors (Lipinski definition) is 0. The van der Waals surface area contributed by atoms with E-state index in [-0.39, 0.29) is 5.91 Å². The smallest absolute Gasteiger partial charge is 0.227 e. The molecule has 0 N–H and O–H groups in total. The molecule has 0 saturated carbocycles. The highest BCUT2D eigenvalue weighted by Gasteiger charge is 2.21. The molecule has 26 heavy (non-hydrogen) atoms. The van der Waals surface area contributed by atoms with Gasteiger partial charge in [0.2, 0.25) is 17.6 Å². The Bertz CT molecular complexity index is 932. The van der Waals surface area contributed by atoms with Crippen molar-refractivity contribution < 1.29 is 9.32 Å². The lowest BCUT2D eigenvalue weighted by atomic mass is 9.99. The molecule has 1 aromatic heterocycles. The molecule has 3 aromatic rings. The summed E-state index contributed by atoms with van der Waals surface area (Å²) < 4.78 is 5.34. The molecule has 1 aliphatic heterocycles. The Labute approximate surface area is 152 Å². The highest BCUT2D eigenvalue weighted by Crippen LogP contribution is 2.21. The van der Waals surface area contributed by atoms with E-state index in [1.54, 1.807) is 0 Å². The van der Waals surface area contributed by atoms with Crippen LogP contribution in [0.3, 0.4) is 0 Å². The minimum absolute atomic E-state index is 0.134. The normalized spacial score (nSPS) is 13.5. The van der Waals surface area contributed by atoms with E-state index in [0.29, 0.717) is 31.1 Å². The van der Waals surface area contributed by atoms with Crippen LogP contribution in [0.15, 0.2) is 53.1 Å². The summed E-state index contributed by atoms with van der Waals surface area (Å²) in [5.74, 6) is 1.22. The highest BCUT2D eigenvalue weighted by atomic mass is 16.5. The van der Waals surface area contributed by atoms with Crippen LogP contribution in [0.5, 0.6) is 0 Å². The third kappa shape index (κ3) is 3.38. The van der Waals surface area contributed by atoms with Crippen molar-refractivity contribution in [3.8, 4) is 11.4 Å². The molecule has 2 aromatic carbocycles. The van der Waals surface area contributed by atoms with Gasteiger partial charge in [0.1, 0.15) is 0 Å². The summed E-state index contributed by atoms with van der Waals surface area (Å²) in [7, 11) is 0. The minimum atomic E-state index is 0.134. The number of benzene rings is 2. The van der Waals surface area contributed by atoms with Crippen LogP contribution in [0.1, 0.15) is 29.0 Å². The molecule has 0 spiro atoms. The van der Waals surface area contributed by atoms with Crippen molar-refractivity contribution in [2.45, 2.75) is 32.7 Å². The minimum Gasteiger partial charge on any atom is -0.339 e. The summed E-state index contributed by atoms with van der Waals surface area (Å²) in [6.07, 6.45) is 1.77. The first-order valence-corrected chi connectivity index (χ1v) is 8.94. The molecule has 2 heterocycles. The van der Waals surface area contributed by atoms with Gasteiger partial charge in [-0.15, -0.1) is 0 Å². The first kappa shape index (κ1) is 16.5. The van der Waals surface area contributed by atoms with E-state index in [9.17, 15) is 4.79 Å². The maximum atomic E-state index is 12.5. The Kier molecular flexibility index (Phi) is 4.52. The molecule has 132 valence electrons. The SMILES string of the molecule is Cc1ccccc1-c1noc(CCC(=O)N2CCc3ccccc3C2)n1. The second kappa shape index (κ2) is 7.12. The summed E-state index contributed by atoms with van der Waals surface area (Å²) in [4.78, 5) is 18.9. The summed E-state index contributed by atoms with van der Waals surface area (Å²) >= 11 is 0. The summed E-state index contributed by atoms with van der Waals surface area (Å²) in [5, 5.41) is 4.06. The monoisotopic (exact) mass is 347 g/mol. The van der Waals surface area contributed by atoms with E-state index in [1.807, 2.05) is 42.2 Å². The molecule has 0 aliphatic carbocycles. The maximum absolute atomic E-state index is 12.5. The molecule has 0 fully saturated rings. The zero-order chi connectivity index (χ0) is 17.9. The molecule has 0 saturated heterocycles. The van der Waals surface area contributed by atoms with Gasteiger partial charge in [-0.25, -0.2) is 0 Å². The van der Waals surface area contributed by atoms with Crippen LogP contribution in [0, 0.1) is 6.92 Å². The number of aromatic nitrogens is 2. The van der Waals surface area contributed by atoms with Crippen LogP contribution >= 0.6 is 0 Å². The van der Waals surface area contributed by atoms with E-state index in [2.05, 4.69) is 28.3 Å². The van der Waals surface area contributed by atoms with Gasteiger partial charge in [-0.3, -0.25) is 4.79 Å². The fourth-order valence-corrected chi connectivity index (χ4v) is 3.37. The number of nitrogens with zero attached hydrogens (tertiary/aromatic N) is 3. The Morgan fingerprint density at radius 1 is 1.12 bits per heavy atom. The van der Waals surface area contributed by atoms with Crippen molar-refractivity contribution in [2.75, 3.05) is 6.54 Å². The Morgan fingerprint density at radius 2 is 1.88 bits per heavy atom. The lowest BCUT2D eigenvalue weighted by Crippen LogP contribution is -2.36. The second-order valence-electron chi connectivity index (χ2n) is 6.66. The fraction of sp³-hybridized carbons (Fsp3) is 0.286. The standard InChI is InChI=1S/C21H21N3O2/c1-15-6-2-5-9-18(15)21-22-19(26-23-21)10-11-20(25)24-13-12-16-7-3-4-8-17(16)14-24/h2-9H,10-14H2,1H3. The number of carbonyl (C=O) groups excluding carboxylic acids is 1. The van der Waals surface area contributed by atoms with Crippen LogP contribution in [0.2, 0.25) is 0 Å². The molecular weight excluding hydrogens is 326 g/mol. The highest BCUT2D eigenvalue weighted by molar-refractivity contribution is 5.76. The van der Waals surface area contributed by atoms with Gasteiger partial charge >= 0.3 is 0 Å². The van der Waals surface area contributed by atoms with Crippen molar-refractivity contribution in [1.29, 1.82) is 0 Å². The topological polar surface area (TPSA) is 59.2 Å². The molecule has 5 nitrogen and oxygen atoms in total. The van der Waals surface area contributed by atoms with Crippen molar-refractivity contribution in [1.82, 2.24) is 15.0 Å². The first-order chi connectivity index (χ1) is 12.7. The van der Waals surface area contributed by atoms with Gasteiger partial charge in [-0.2, -0.15) is 4.98 Å². The number of fused-ring (bicyclic) bond motifs is 1. The van der Waals surface area contributed by atoms with Gasteiger partial charge in [0.25, 0.3) is 0 Å². The van der Waals surface area contributed by atoms with Crippen molar-refractivity contribution in [3.63, 3.8) is 0 Å². The van der Waals surface area contributed by atoms with E-state index < -0.39 is 0 Å². The summed E-state index contributed by atoms with van der Waals surface area (Å²) in [5.41, 5.74) is 4.65. The third-order valence-corrected chi connectivity index (χ3v) is 4.89. The Hall–Kier alpha value is -2.95. The fourth-order valence-electron chi connectivity index (χ4n) is 3.37. The summed E-state index contributed by atoms with van der Waals surface area (Å²) in [6, 6.07) is 16.2. The van der Waals surface area contributed by atoms with Gasteiger partial charge in [0, 0.05) is 31.5 Å². The number of rotatable bonds is 4. The maximum Gasteiger partial charge on any atom is 0.227 e. The average Bonchev–Trinajstić information content (AvgIpc) is 3.15. The predicted octanol–water partition coefficient (Wildman–Crippen LogP) is 3.56. The molecule has 5 heteroatoms. The van der Waals surface area contributed by atoms with Crippen molar-refractivity contribution in [2.24, 2.45) is 0 Å². The zero-order valence-electron chi connectivity index (χ0n) is 14.8. The van der Waals surface area contributed by atoms with Crippen LogP contribution in [-0.4, -0.2) is 27.5 Å². The second-order valence-corrected chi connectivity index (χ2v) is 6.66. The number of aryl methyl sites for hydroxylation is 2. The quantitative estimate of drug-likeness (QED) is 0.724. The van der Waals surface area contributed by atoms with E-state index in [4.69, 9.17) is 4.52 Å². The van der Waals surface area contributed by atoms with E-state index in [1.165, 1.54) is 11.1 Å². The molecule has 1 amide bonds. The van der Waals surface area contributed by atoms with Crippen molar-refractivity contribution >= 4 is 5.91 Å². The Balaban J connectivity index is 1.38. The van der Waals surface area contributed by atoms with Crippen LogP contribution in [-0.2, 0) is 24.2 Å². The summed E-state index contributed by atoms with van der Waals surface area (Å²) in [6.45, 7) is 3.48. The lowest BCUT2D eigenvalue weighted by Gasteiger charge is -2.28.